The zero-order valence-electron chi connectivity index (χ0n) is 25.0. The Morgan fingerprint density at radius 1 is 0.929 bits per heavy atom. The molecule has 4 heterocycles. The van der Waals surface area contributed by atoms with E-state index < -0.39 is 0 Å². The van der Waals surface area contributed by atoms with Crippen molar-refractivity contribution in [3.63, 3.8) is 0 Å². The molecule has 0 radical (unpaired) electrons. The third-order valence-electron chi connectivity index (χ3n) is 7.43. The number of nitrogens with two attached hydrogens (primary N) is 1. The van der Waals surface area contributed by atoms with Crippen LogP contribution in [0.15, 0.2) is 67.4 Å². The Bertz CT molecular complexity index is 1630. The average molecular weight is 566 g/mol. The first-order valence-electron chi connectivity index (χ1n) is 14.5. The number of likely N-dealkylation sites (N-methyl/N-ethyl adjacent to an activating group) is 1. The minimum Gasteiger partial charge on any atom is -0.489 e. The van der Waals surface area contributed by atoms with Gasteiger partial charge in [-0.1, -0.05) is 26.0 Å². The van der Waals surface area contributed by atoms with Gasteiger partial charge in [0.2, 0.25) is 0 Å². The number of fused-ring (bicyclic) bond motifs is 1. The number of nitrogen functional groups attached to an aromatic ring is 1. The van der Waals surface area contributed by atoms with Gasteiger partial charge in [-0.25, -0.2) is 19.9 Å². The summed E-state index contributed by atoms with van der Waals surface area (Å²) < 4.78 is 14.4. The average Bonchev–Trinajstić information content (AvgIpc) is 3.58. The van der Waals surface area contributed by atoms with Crippen LogP contribution in [0.25, 0.3) is 22.2 Å². The number of aryl methyl sites for hydroxylation is 2. The lowest BCUT2D eigenvalue weighted by molar-refractivity contribution is 0.284. The second kappa shape index (κ2) is 13.0. The van der Waals surface area contributed by atoms with Gasteiger partial charge in [0.25, 0.3) is 0 Å². The number of hydrogen-bond donors (Lipinski definition) is 1. The monoisotopic (exact) mass is 565 g/mol. The van der Waals surface area contributed by atoms with Crippen molar-refractivity contribution >= 4 is 16.9 Å². The lowest BCUT2D eigenvalue weighted by atomic mass is 10.1. The van der Waals surface area contributed by atoms with Crippen LogP contribution in [0, 0.1) is 13.8 Å². The van der Waals surface area contributed by atoms with Gasteiger partial charge < -0.3 is 24.7 Å². The van der Waals surface area contributed by atoms with Crippen LogP contribution in [0.1, 0.15) is 43.6 Å². The van der Waals surface area contributed by atoms with Crippen LogP contribution in [0.2, 0.25) is 0 Å². The topological polar surface area (TPSA) is 104 Å². The van der Waals surface area contributed by atoms with Crippen molar-refractivity contribution < 1.29 is 9.47 Å². The van der Waals surface area contributed by atoms with Crippen LogP contribution in [-0.2, 0) is 13.2 Å². The van der Waals surface area contributed by atoms with Gasteiger partial charge in [-0.3, -0.25) is 0 Å². The molecule has 1 fully saturated rings. The number of likely N-dealkylation sites (tertiary alicyclic amines) is 1. The van der Waals surface area contributed by atoms with Crippen molar-refractivity contribution in [2.45, 2.75) is 59.7 Å². The van der Waals surface area contributed by atoms with E-state index in [9.17, 15) is 0 Å². The van der Waals surface area contributed by atoms with Crippen molar-refractivity contribution in [3.8, 4) is 28.4 Å². The Kier molecular flexibility index (Phi) is 8.97. The lowest BCUT2D eigenvalue weighted by Crippen LogP contribution is -2.29. The highest BCUT2D eigenvalue weighted by Crippen LogP contribution is 2.35. The molecule has 1 atom stereocenters. The van der Waals surface area contributed by atoms with Gasteiger partial charge in [-0.2, -0.15) is 0 Å². The predicted octanol–water partition coefficient (Wildman–Crippen LogP) is 6.58. The molecule has 1 aliphatic rings. The quantitative estimate of drug-likeness (QED) is 0.225. The Morgan fingerprint density at radius 2 is 1.67 bits per heavy atom. The zero-order valence-corrected chi connectivity index (χ0v) is 25.0. The third kappa shape index (κ3) is 6.52. The van der Waals surface area contributed by atoms with Crippen LogP contribution < -0.4 is 15.2 Å². The molecule has 42 heavy (non-hydrogen) atoms. The second-order valence-electron chi connectivity index (χ2n) is 10.5. The van der Waals surface area contributed by atoms with Gasteiger partial charge in [0.1, 0.15) is 47.5 Å². The van der Waals surface area contributed by atoms with Crippen LogP contribution in [0.3, 0.4) is 0 Å². The van der Waals surface area contributed by atoms with Crippen molar-refractivity contribution in [1.29, 1.82) is 0 Å². The van der Waals surface area contributed by atoms with Gasteiger partial charge in [-0.05, 0) is 75.7 Å². The van der Waals surface area contributed by atoms with Gasteiger partial charge in [0.05, 0.1) is 5.39 Å². The highest BCUT2D eigenvalue weighted by Gasteiger charge is 2.23. The zero-order chi connectivity index (χ0) is 29.6. The number of benzene rings is 2. The molecule has 6 rings (SSSR count). The Morgan fingerprint density at radius 3 is 2.38 bits per heavy atom. The molecule has 2 aromatic carbocycles. The standard InChI is InChI=1S/C31H33N7O2.C2H6/c1-20-11-26(39-18-22-14-33-21(2)34-15-22)13-27(12-20)40-25-8-6-23(7-9-25)28-17-38(16-24-5-4-10-37(24)3)31-29(28)30(32)35-19-36-31;1-2/h6-9,11-15,17,19,24H,4-5,10,16,18H2,1-3H3,(H2,32,35,36);1-2H3/t24-;/m1./s1. The number of nitrogens with zero attached hydrogens (tertiary/aromatic N) is 6. The van der Waals surface area contributed by atoms with Gasteiger partial charge >= 0.3 is 0 Å². The highest BCUT2D eigenvalue weighted by atomic mass is 16.5. The number of aromatic nitrogens is 5. The van der Waals surface area contributed by atoms with E-state index in [4.69, 9.17) is 15.2 Å². The van der Waals surface area contributed by atoms with Crippen molar-refractivity contribution in [2.24, 2.45) is 0 Å². The Balaban J connectivity index is 0.00000173. The second-order valence-corrected chi connectivity index (χ2v) is 10.5. The van der Waals surface area contributed by atoms with E-state index in [-0.39, 0.29) is 0 Å². The minimum absolute atomic E-state index is 0.384. The van der Waals surface area contributed by atoms with E-state index in [0.29, 0.717) is 24.2 Å². The summed E-state index contributed by atoms with van der Waals surface area (Å²) in [5.41, 5.74) is 11.2. The number of rotatable bonds is 8. The van der Waals surface area contributed by atoms with Gasteiger partial charge in [0.15, 0.2) is 0 Å². The molecule has 9 heteroatoms. The van der Waals surface area contributed by atoms with Crippen LogP contribution in [0.5, 0.6) is 17.2 Å². The molecule has 0 aliphatic carbocycles. The Hall–Kier alpha value is -4.50. The third-order valence-corrected chi connectivity index (χ3v) is 7.43. The summed E-state index contributed by atoms with van der Waals surface area (Å²) in [6.07, 6.45) is 9.66. The minimum atomic E-state index is 0.384. The summed E-state index contributed by atoms with van der Waals surface area (Å²) >= 11 is 0. The van der Waals surface area contributed by atoms with Crippen molar-refractivity contribution in [1.82, 2.24) is 29.4 Å². The first kappa shape index (κ1) is 29.0. The molecule has 0 spiro atoms. The van der Waals surface area contributed by atoms with Crippen LogP contribution in [-0.4, -0.2) is 49.0 Å². The first-order valence-corrected chi connectivity index (χ1v) is 14.5. The normalized spacial score (nSPS) is 14.9. The predicted molar refractivity (Wildman–Crippen MR) is 167 cm³/mol. The molecule has 2 N–H and O–H groups in total. The molecule has 0 saturated carbocycles. The lowest BCUT2D eigenvalue weighted by Gasteiger charge is -2.20. The van der Waals surface area contributed by atoms with Crippen molar-refractivity contribution in [3.05, 3.63) is 84.3 Å². The molecule has 9 nitrogen and oxygen atoms in total. The fourth-order valence-corrected chi connectivity index (χ4v) is 5.30. The smallest absolute Gasteiger partial charge is 0.146 e. The molecule has 0 amide bonds. The fraction of sp³-hybridized carbons (Fsp3) is 0.333. The number of anilines is 1. The molecule has 1 saturated heterocycles. The van der Waals surface area contributed by atoms with Crippen LogP contribution >= 0.6 is 0 Å². The summed E-state index contributed by atoms with van der Waals surface area (Å²) in [6, 6.07) is 14.4. The Labute approximate surface area is 247 Å². The molecule has 0 bridgehead atoms. The number of hydrogen-bond acceptors (Lipinski definition) is 8. The van der Waals surface area contributed by atoms with Gasteiger partial charge in [-0.15, -0.1) is 0 Å². The fourth-order valence-electron chi connectivity index (χ4n) is 5.30. The maximum absolute atomic E-state index is 6.35. The van der Waals surface area contributed by atoms with Crippen LogP contribution in [0.4, 0.5) is 5.82 Å². The summed E-state index contributed by atoms with van der Waals surface area (Å²) in [5.74, 6) is 3.39. The first-order chi connectivity index (χ1) is 20.4. The molecule has 3 aromatic heterocycles. The van der Waals surface area contributed by atoms with Crippen molar-refractivity contribution in [2.75, 3.05) is 19.3 Å². The molecule has 5 aromatic rings. The number of ether oxygens (including phenoxy) is 2. The van der Waals surface area contributed by atoms with E-state index in [2.05, 4.69) is 42.6 Å². The maximum Gasteiger partial charge on any atom is 0.146 e. The van der Waals surface area contributed by atoms with E-state index in [0.717, 1.165) is 63.7 Å². The van der Waals surface area contributed by atoms with Gasteiger partial charge in [0, 0.05) is 48.4 Å². The molecular weight excluding hydrogens is 526 g/mol. The molecule has 0 unspecified atom stereocenters. The SMILES string of the molecule is CC.Cc1cc(OCc2cnc(C)nc2)cc(Oc2ccc(-c3cn(C[C@H]4CCCN4C)c4ncnc(N)c34)cc2)c1. The molecule has 1 aliphatic heterocycles. The molecule has 218 valence electrons. The molecular formula is C33H39N7O2. The highest BCUT2D eigenvalue weighted by molar-refractivity contribution is 6.00. The largest absolute Gasteiger partial charge is 0.489 e. The van der Waals surface area contributed by atoms with E-state index >= 15 is 0 Å². The van der Waals surface area contributed by atoms with E-state index in [1.807, 2.05) is 70.2 Å². The summed E-state index contributed by atoms with van der Waals surface area (Å²) in [6.45, 7) is 10.3. The maximum atomic E-state index is 6.35. The summed E-state index contributed by atoms with van der Waals surface area (Å²) in [5, 5.41) is 0.885. The van der Waals surface area contributed by atoms with E-state index in [1.165, 1.54) is 12.8 Å². The van der Waals surface area contributed by atoms with E-state index in [1.54, 1.807) is 18.7 Å². The summed E-state index contributed by atoms with van der Waals surface area (Å²) in [7, 11) is 2.19. The summed E-state index contributed by atoms with van der Waals surface area (Å²) in [4.78, 5) is 19.7.